The standard InChI is InChI=1S/C15H23ClN2/c1-12-6-7-13(16)11-15(12)18-10-4-3-5-14(18)8-9-17-2/h6-7,11,14,17H,3-5,8-10H2,1-2H3. The fourth-order valence-electron chi connectivity index (χ4n) is 2.82. The van der Waals surface area contributed by atoms with Crippen LogP contribution in [0.2, 0.25) is 5.02 Å². The molecule has 2 rings (SSSR count). The third-order valence-electron chi connectivity index (χ3n) is 3.84. The lowest BCUT2D eigenvalue weighted by Crippen LogP contribution is -2.41. The van der Waals surface area contributed by atoms with Gasteiger partial charge in [0, 0.05) is 23.3 Å². The second-order valence-corrected chi connectivity index (χ2v) is 5.60. The fraction of sp³-hybridized carbons (Fsp3) is 0.600. The predicted octanol–water partition coefficient (Wildman–Crippen LogP) is 3.62. The second kappa shape index (κ2) is 6.44. The van der Waals surface area contributed by atoms with Crippen molar-refractivity contribution in [2.45, 2.75) is 38.6 Å². The van der Waals surface area contributed by atoms with Crippen LogP contribution in [0.15, 0.2) is 18.2 Å². The lowest BCUT2D eigenvalue weighted by atomic mass is 9.97. The zero-order valence-electron chi connectivity index (χ0n) is 11.4. The number of aryl methyl sites for hydroxylation is 1. The summed E-state index contributed by atoms with van der Waals surface area (Å²) in [6, 6.07) is 6.88. The van der Waals surface area contributed by atoms with E-state index in [1.165, 1.54) is 36.9 Å². The maximum atomic E-state index is 6.15. The summed E-state index contributed by atoms with van der Waals surface area (Å²) in [5, 5.41) is 4.10. The maximum absolute atomic E-state index is 6.15. The molecule has 1 aromatic rings. The van der Waals surface area contributed by atoms with Crippen molar-refractivity contribution in [3.63, 3.8) is 0 Å². The van der Waals surface area contributed by atoms with E-state index in [0.29, 0.717) is 6.04 Å². The highest BCUT2D eigenvalue weighted by atomic mass is 35.5. The van der Waals surface area contributed by atoms with Gasteiger partial charge in [-0.15, -0.1) is 0 Å². The Morgan fingerprint density at radius 2 is 2.22 bits per heavy atom. The third kappa shape index (κ3) is 3.18. The monoisotopic (exact) mass is 266 g/mol. The Morgan fingerprint density at radius 1 is 1.39 bits per heavy atom. The smallest absolute Gasteiger partial charge is 0.0426 e. The summed E-state index contributed by atoms with van der Waals surface area (Å²) in [5.41, 5.74) is 2.65. The molecule has 1 aliphatic rings. The van der Waals surface area contributed by atoms with Crippen LogP contribution < -0.4 is 10.2 Å². The summed E-state index contributed by atoms with van der Waals surface area (Å²) in [5.74, 6) is 0. The van der Waals surface area contributed by atoms with E-state index in [-0.39, 0.29) is 0 Å². The van der Waals surface area contributed by atoms with Crippen molar-refractivity contribution < 1.29 is 0 Å². The molecule has 18 heavy (non-hydrogen) atoms. The second-order valence-electron chi connectivity index (χ2n) is 5.17. The lowest BCUT2D eigenvalue weighted by Gasteiger charge is -2.38. The Hall–Kier alpha value is -0.730. The van der Waals surface area contributed by atoms with Crippen LogP contribution in [0.4, 0.5) is 5.69 Å². The number of anilines is 1. The maximum Gasteiger partial charge on any atom is 0.0426 e. The van der Waals surface area contributed by atoms with Gasteiger partial charge in [0.25, 0.3) is 0 Å². The van der Waals surface area contributed by atoms with E-state index in [9.17, 15) is 0 Å². The molecule has 0 radical (unpaired) electrons. The van der Waals surface area contributed by atoms with E-state index in [0.717, 1.165) is 18.1 Å². The highest BCUT2D eigenvalue weighted by Gasteiger charge is 2.23. The number of benzene rings is 1. The number of nitrogens with one attached hydrogen (secondary N) is 1. The van der Waals surface area contributed by atoms with Crippen molar-refractivity contribution in [1.29, 1.82) is 0 Å². The highest BCUT2D eigenvalue weighted by molar-refractivity contribution is 6.30. The van der Waals surface area contributed by atoms with E-state index in [1.807, 2.05) is 13.1 Å². The van der Waals surface area contributed by atoms with Crippen LogP contribution in [-0.2, 0) is 0 Å². The van der Waals surface area contributed by atoms with Crippen LogP contribution in [0.3, 0.4) is 0 Å². The summed E-state index contributed by atoms with van der Waals surface area (Å²) >= 11 is 6.15. The molecular formula is C15H23ClN2. The topological polar surface area (TPSA) is 15.3 Å². The molecule has 2 nitrogen and oxygen atoms in total. The SMILES string of the molecule is CNCCC1CCCCN1c1cc(Cl)ccc1C. The van der Waals surface area contributed by atoms with Crippen molar-refractivity contribution in [3.05, 3.63) is 28.8 Å². The molecule has 1 saturated heterocycles. The zero-order chi connectivity index (χ0) is 13.0. The van der Waals surface area contributed by atoms with Crippen LogP contribution in [0.1, 0.15) is 31.2 Å². The third-order valence-corrected chi connectivity index (χ3v) is 4.07. The normalized spacial score (nSPS) is 20.2. The van der Waals surface area contributed by atoms with E-state index >= 15 is 0 Å². The minimum Gasteiger partial charge on any atom is -0.368 e. The summed E-state index contributed by atoms with van der Waals surface area (Å²) in [6.45, 7) is 4.42. The molecule has 100 valence electrons. The van der Waals surface area contributed by atoms with E-state index in [4.69, 9.17) is 11.6 Å². The van der Waals surface area contributed by atoms with Crippen molar-refractivity contribution in [2.24, 2.45) is 0 Å². The van der Waals surface area contributed by atoms with Gasteiger partial charge in [0.2, 0.25) is 0 Å². The van der Waals surface area contributed by atoms with Gasteiger partial charge in [0.15, 0.2) is 0 Å². The summed E-state index contributed by atoms with van der Waals surface area (Å²) in [6.07, 6.45) is 5.16. The molecule has 3 heteroatoms. The molecule has 1 atom stereocenters. The first kappa shape index (κ1) is 13.7. The van der Waals surface area contributed by atoms with Crippen LogP contribution in [-0.4, -0.2) is 26.2 Å². The first-order chi connectivity index (χ1) is 8.72. The highest BCUT2D eigenvalue weighted by Crippen LogP contribution is 2.31. The molecule has 1 heterocycles. The van der Waals surface area contributed by atoms with Gasteiger partial charge in [-0.05, 0) is 63.9 Å². The predicted molar refractivity (Wildman–Crippen MR) is 79.7 cm³/mol. The molecule has 1 aliphatic heterocycles. The van der Waals surface area contributed by atoms with E-state index in [1.54, 1.807) is 0 Å². The van der Waals surface area contributed by atoms with Crippen molar-refractivity contribution in [2.75, 3.05) is 25.0 Å². The molecule has 0 amide bonds. The molecule has 1 unspecified atom stereocenters. The van der Waals surface area contributed by atoms with Crippen molar-refractivity contribution in [1.82, 2.24) is 5.32 Å². The number of halogens is 1. The molecule has 1 N–H and O–H groups in total. The summed E-state index contributed by atoms with van der Waals surface area (Å²) in [4.78, 5) is 2.56. The number of nitrogens with zero attached hydrogens (tertiary/aromatic N) is 1. The molecule has 0 saturated carbocycles. The van der Waals surface area contributed by atoms with Crippen LogP contribution in [0, 0.1) is 6.92 Å². The number of rotatable bonds is 4. The van der Waals surface area contributed by atoms with Gasteiger partial charge in [-0.2, -0.15) is 0 Å². The van der Waals surface area contributed by atoms with Gasteiger partial charge in [0.05, 0.1) is 0 Å². The molecule has 0 aromatic heterocycles. The van der Waals surface area contributed by atoms with E-state index in [2.05, 4.69) is 29.3 Å². The van der Waals surface area contributed by atoms with Gasteiger partial charge >= 0.3 is 0 Å². The van der Waals surface area contributed by atoms with Gasteiger partial charge in [-0.25, -0.2) is 0 Å². The molecule has 1 aromatic carbocycles. The number of hydrogen-bond acceptors (Lipinski definition) is 2. The molecule has 1 fully saturated rings. The van der Waals surface area contributed by atoms with Crippen molar-refractivity contribution >= 4 is 17.3 Å². The molecule has 0 aliphatic carbocycles. The van der Waals surface area contributed by atoms with Gasteiger partial charge < -0.3 is 10.2 Å². The zero-order valence-corrected chi connectivity index (χ0v) is 12.1. The number of hydrogen-bond donors (Lipinski definition) is 1. The molecule has 0 bridgehead atoms. The summed E-state index contributed by atoms with van der Waals surface area (Å²) < 4.78 is 0. The fourth-order valence-corrected chi connectivity index (χ4v) is 2.99. The van der Waals surface area contributed by atoms with E-state index < -0.39 is 0 Å². The number of piperidine rings is 1. The van der Waals surface area contributed by atoms with Gasteiger partial charge in [0.1, 0.15) is 0 Å². The van der Waals surface area contributed by atoms with Crippen LogP contribution in [0.5, 0.6) is 0 Å². The average molecular weight is 267 g/mol. The lowest BCUT2D eigenvalue weighted by molar-refractivity contribution is 0.433. The Labute approximate surface area is 115 Å². The molecular weight excluding hydrogens is 244 g/mol. The minimum absolute atomic E-state index is 0.656. The van der Waals surface area contributed by atoms with Crippen molar-refractivity contribution in [3.8, 4) is 0 Å². The Bertz CT molecular complexity index is 392. The van der Waals surface area contributed by atoms with Crippen LogP contribution in [0.25, 0.3) is 0 Å². The largest absolute Gasteiger partial charge is 0.368 e. The first-order valence-corrected chi connectivity index (χ1v) is 7.27. The Balaban J connectivity index is 2.19. The summed E-state index contributed by atoms with van der Waals surface area (Å²) in [7, 11) is 2.03. The average Bonchev–Trinajstić information content (AvgIpc) is 2.39. The van der Waals surface area contributed by atoms with Gasteiger partial charge in [-0.1, -0.05) is 17.7 Å². The quantitative estimate of drug-likeness (QED) is 0.896. The molecule has 0 spiro atoms. The Morgan fingerprint density at radius 3 is 3.00 bits per heavy atom. The van der Waals surface area contributed by atoms with Crippen LogP contribution >= 0.6 is 11.6 Å². The minimum atomic E-state index is 0.656. The Kier molecular flexibility index (Phi) is 4.90. The first-order valence-electron chi connectivity index (χ1n) is 6.90. The van der Waals surface area contributed by atoms with Gasteiger partial charge in [-0.3, -0.25) is 0 Å².